The molecule has 144 valence electrons. The van der Waals surface area contributed by atoms with Gasteiger partial charge in [0.2, 0.25) is 5.88 Å². The predicted molar refractivity (Wildman–Crippen MR) is 103 cm³/mol. The first-order valence-corrected chi connectivity index (χ1v) is 9.11. The number of carbonyl (C=O) groups is 1. The van der Waals surface area contributed by atoms with Crippen molar-refractivity contribution in [1.82, 2.24) is 9.97 Å². The van der Waals surface area contributed by atoms with Gasteiger partial charge in [-0.15, -0.1) is 0 Å². The van der Waals surface area contributed by atoms with Gasteiger partial charge in [0, 0.05) is 28.4 Å². The van der Waals surface area contributed by atoms with Gasteiger partial charge < -0.3 is 9.84 Å². The van der Waals surface area contributed by atoms with Crippen LogP contribution in [0.1, 0.15) is 78.4 Å². The molecule has 2 aliphatic rings. The first-order chi connectivity index (χ1) is 11.7. The van der Waals surface area contributed by atoms with E-state index in [4.69, 9.17) is 14.7 Å². The summed E-state index contributed by atoms with van der Waals surface area (Å²) in [6.45, 7) is 11.0. The molecular formula is C21H32N2O3. The molecule has 0 spiro atoms. The maximum Gasteiger partial charge on any atom is 0.220 e. The summed E-state index contributed by atoms with van der Waals surface area (Å²) in [6, 6.07) is 0. The third kappa shape index (κ3) is 3.24. The van der Waals surface area contributed by atoms with Crippen LogP contribution >= 0.6 is 0 Å². The van der Waals surface area contributed by atoms with Crippen molar-refractivity contribution in [3.63, 3.8) is 0 Å². The molecule has 2 atom stereocenters. The molecule has 3 rings (SSSR count). The molecule has 2 aliphatic carbocycles. The fraction of sp³-hybridized carbons (Fsp3) is 0.667. The average Bonchev–Trinajstić information content (AvgIpc) is 2.54. The third-order valence-corrected chi connectivity index (χ3v) is 5.61. The average molecular weight is 360 g/mol. The van der Waals surface area contributed by atoms with Crippen molar-refractivity contribution in [3.8, 4) is 5.88 Å². The second kappa shape index (κ2) is 7.01. The number of hydrogen-bond donors (Lipinski definition) is 1. The number of Topliss-reactive ketones (excluding diaryl/α,β-unsaturated/α-hetero) is 1. The highest BCUT2D eigenvalue weighted by Crippen LogP contribution is 2.51. The molecule has 2 unspecified atom stereocenters. The molecule has 1 fully saturated rings. The first kappa shape index (κ1) is 20.4. The van der Waals surface area contributed by atoms with Gasteiger partial charge in [0.15, 0.2) is 5.78 Å². The largest absolute Gasteiger partial charge is 0.515 e. The van der Waals surface area contributed by atoms with E-state index >= 15 is 0 Å². The quantitative estimate of drug-likeness (QED) is 0.624. The Balaban J connectivity index is 0.00000243. The van der Waals surface area contributed by atoms with Gasteiger partial charge in [-0.05, 0) is 32.1 Å². The van der Waals surface area contributed by atoms with Crippen molar-refractivity contribution in [2.24, 2.45) is 5.92 Å². The van der Waals surface area contributed by atoms with E-state index in [2.05, 4.69) is 27.7 Å². The smallest absolute Gasteiger partial charge is 0.220 e. The van der Waals surface area contributed by atoms with Gasteiger partial charge in [0.1, 0.15) is 5.82 Å². The lowest BCUT2D eigenvalue weighted by Gasteiger charge is -2.45. The van der Waals surface area contributed by atoms with Crippen LogP contribution in [0.2, 0.25) is 0 Å². The Labute approximate surface area is 156 Å². The Morgan fingerprint density at radius 1 is 1.35 bits per heavy atom. The standard InChI is InChI=1S/C20H28N2O3.CH4/c1-6-25-17-14-8-7-13-9-15(24)12(11-23)10-20(13,5)16(14)21-18(22-17)19(2,3)4;/h11,13,23H,6-10H2,1-5H3;1H4/b12-11-;. The highest BCUT2D eigenvalue weighted by molar-refractivity contribution is 5.96. The van der Waals surface area contributed by atoms with Crippen molar-refractivity contribution in [1.29, 1.82) is 0 Å². The Morgan fingerprint density at radius 3 is 2.62 bits per heavy atom. The zero-order chi connectivity index (χ0) is 18.4. The van der Waals surface area contributed by atoms with E-state index in [1.54, 1.807) is 0 Å². The molecule has 0 saturated heterocycles. The first-order valence-electron chi connectivity index (χ1n) is 9.11. The van der Waals surface area contributed by atoms with Crippen LogP contribution in [-0.2, 0) is 22.0 Å². The lowest BCUT2D eigenvalue weighted by molar-refractivity contribution is -0.119. The molecule has 0 amide bonds. The highest BCUT2D eigenvalue weighted by atomic mass is 16.5. The van der Waals surface area contributed by atoms with Gasteiger partial charge >= 0.3 is 0 Å². The van der Waals surface area contributed by atoms with Crippen LogP contribution in [0.25, 0.3) is 0 Å². The fourth-order valence-electron chi connectivity index (χ4n) is 4.11. The summed E-state index contributed by atoms with van der Waals surface area (Å²) >= 11 is 0. The van der Waals surface area contributed by atoms with Crippen molar-refractivity contribution in [2.45, 2.75) is 78.6 Å². The molecule has 26 heavy (non-hydrogen) atoms. The fourth-order valence-corrected chi connectivity index (χ4v) is 4.11. The molecule has 1 saturated carbocycles. The van der Waals surface area contributed by atoms with Gasteiger partial charge in [-0.1, -0.05) is 35.1 Å². The van der Waals surface area contributed by atoms with E-state index in [9.17, 15) is 9.90 Å². The van der Waals surface area contributed by atoms with E-state index in [0.717, 1.165) is 36.2 Å². The van der Waals surface area contributed by atoms with E-state index in [1.165, 1.54) is 0 Å². The minimum absolute atomic E-state index is 0. The predicted octanol–water partition coefficient (Wildman–Crippen LogP) is 4.43. The Bertz CT molecular complexity index is 734. The minimum atomic E-state index is -0.273. The summed E-state index contributed by atoms with van der Waals surface area (Å²) in [7, 11) is 0. The number of aliphatic hydroxyl groups excluding tert-OH is 1. The molecule has 0 radical (unpaired) electrons. The lowest BCUT2D eigenvalue weighted by atomic mass is 9.58. The topological polar surface area (TPSA) is 72.3 Å². The summed E-state index contributed by atoms with van der Waals surface area (Å²) in [4.78, 5) is 21.9. The van der Waals surface area contributed by atoms with Crippen LogP contribution in [0.3, 0.4) is 0 Å². The van der Waals surface area contributed by atoms with Crippen LogP contribution < -0.4 is 4.74 Å². The van der Waals surface area contributed by atoms with E-state index in [0.29, 0.717) is 30.9 Å². The molecular weight excluding hydrogens is 328 g/mol. The number of rotatable bonds is 2. The number of aromatic nitrogens is 2. The number of nitrogens with zero attached hydrogens (tertiary/aromatic N) is 2. The number of aliphatic hydroxyl groups is 1. The van der Waals surface area contributed by atoms with Crippen molar-refractivity contribution < 1.29 is 14.6 Å². The Kier molecular flexibility index (Phi) is 5.50. The number of fused-ring (bicyclic) bond motifs is 3. The summed E-state index contributed by atoms with van der Waals surface area (Å²) in [6.07, 6.45) is 3.73. The molecule has 1 heterocycles. The summed E-state index contributed by atoms with van der Waals surface area (Å²) in [5, 5.41) is 9.50. The third-order valence-electron chi connectivity index (χ3n) is 5.61. The normalized spacial score (nSPS) is 26.7. The van der Waals surface area contributed by atoms with E-state index in [-0.39, 0.29) is 30.0 Å². The number of hydrogen-bond acceptors (Lipinski definition) is 5. The lowest BCUT2D eigenvalue weighted by Crippen LogP contribution is -2.44. The Hall–Kier alpha value is -1.91. The van der Waals surface area contributed by atoms with Crippen LogP contribution in [-0.4, -0.2) is 27.5 Å². The second-order valence-corrected chi connectivity index (χ2v) is 8.47. The number of ketones is 1. The van der Waals surface area contributed by atoms with Crippen molar-refractivity contribution in [3.05, 3.63) is 28.9 Å². The molecule has 1 N–H and O–H groups in total. The van der Waals surface area contributed by atoms with Crippen molar-refractivity contribution in [2.75, 3.05) is 6.61 Å². The number of carbonyl (C=O) groups excluding carboxylic acids is 1. The summed E-state index contributed by atoms with van der Waals surface area (Å²) < 4.78 is 5.86. The molecule has 5 heteroatoms. The van der Waals surface area contributed by atoms with Crippen molar-refractivity contribution >= 4 is 5.78 Å². The van der Waals surface area contributed by atoms with Gasteiger partial charge in [0.05, 0.1) is 18.6 Å². The van der Waals surface area contributed by atoms with Crippen LogP contribution in [0.4, 0.5) is 0 Å². The maximum absolute atomic E-state index is 12.2. The number of allylic oxidation sites excluding steroid dienone is 1. The monoisotopic (exact) mass is 360 g/mol. The minimum Gasteiger partial charge on any atom is -0.515 e. The van der Waals surface area contributed by atoms with Gasteiger partial charge in [-0.2, -0.15) is 4.98 Å². The molecule has 1 aromatic rings. The van der Waals surface area contributed by atoms with Crippen LogP contribution in [0.5, 0.6) is 5.88 Å². The maximum atomic E-state index is 12.2. The molecule has 5 nitrogen and oxygen atoms in total. The Morgan fingerprint density at radius 2 is 2.04 bits per heavy atom. The van der Waals surface area contributed by atoms with Gasteiger partial charge in [-0.25, -0.2) is 4.98 Å². The second-order valence-electron chi connectivity index (χ2n) is 8.47. The van der Waals surface area contributed by atoms with Crippen LogP contribution in [0, 0.1) is 5.92 Å². The summed E-state index contributed by atoms with van der Waals surface area (Å²) in [5.74, 6) is 1.75. The van der Waals surface area contributed by atoms with E-state index in [1.807, 2.05) is 6.92 Å². The van der Waals surface area contributed by atoms with Crippen LogP contribution in [0.15, 0.2) is 11.8 Å². The zero-order valence-electron chi connectivity index (χ0n) is 15.8. The molecule has 0 aromatic carbocycles. The SMILES string of the molecule is C.CCOc1nc(C(C)(C)C)nc2c1CCC1CC(=O)/C(=C\O)CC21C. The van der Waals surface area contributed by atoms with Gasteiger partial charge in [-0.3, -0.25) is 4.79 Å². The number of ether oxygens (including phenoxy) is 1. The highest BCUT2D eigenvalue weighted by Gasteiger charge is 2.48. The zero-order valence-corrected chi connectivity index (χ0v) is 15.8. The molecule has 1 aromatic heterocycles. The molecule has 0 bridgehead atoms. The van der Waals surface area contributed by atoms with Gasteiger partial charge in [0.25, 0.3) is 0 Å². The van der Waals surface area contributed by atoms with E-state index < -0.39 is 0 Å². The summed E-state index contributed by atoms with van der Waals surface area (Å²) in [5.41, 5.74) is 2.11. The molecule has 0 aliphatic heterocycles.